The molecule has 2 atom stereocenters. The highest BCUT2D eigenvalue weighted by atomic mass is 32.1. The van der Waals surface area contributed by atoms with Crippen molar-refractivity contribution in [2.45, 2.75) is 38.3 Å². The van der Waals surface area contributed by atoms with E-state index < -0.39 is 12.0 Å². The van der Waals surface area contributed by atoms with Gasteiger partial charge in [-0.15, -0.1) is 11.3 Å². The normalized spacial score (nSPS) is 20.1. The van der Waals surface area contributed by atoms with Gasteiger partial charge in [-0.1, -0.05) is 13.0 Å². The Morgan fingerprint density at radius 3 is 2.95 bits per heavy atom. The zero-order valence-corrected chi connectivity index (χ0v) is 13.4. The minimum Gasteiger partial charge on any atom is -0.480 e. The molecule has 1 aliphatic heterocycles. The Labute approximate surface area is 134 Å². The van der Waals surface area contributed by atoms with Crippen molar-refractivity contribution in [3.8, 4) is 0 Å². The molecule has 2 unspecified atom stereocenters. The summed E-state index contributed by atoms with van der Waals surface area (Å²) in [5, 5.41) is 9.52. The van der Waals surface area contributed by atoms with Crippen molar-refractivity contribution in [1.29, 1.82) is 0 Å². The van der Waals surface area contributed by atoms with Gasteiger partial charge in [0.15, 0.2) is 0 Å². The summed E-state index contributed by atoms with van der Waals surface area (Å²) in [6.07, 6.45) is 4.42. The predicted octanol–water partition coefficient (Wildman–Crippen LogP) is 3.34. The summed E-state index contributed by atoms with van der Waals surface area (Å²) in [4.78, 5) is 20.7. The van der Waals surface area contributed by atoms with Crippen LogP contribution in [0.2, 0.25) is 0 Å². The van der Waals surface area contributed by atoms with Gasteiger partial charge in [-0.2, -0.15) is 0 Å². The smallest absolute Gasteiger partial charge is 0.320 e. The van der Waals surface area contributed by atoms with E-state index in [9.17, 15) is 9.90 Å². The first-order chi connectivity index (χ1) is 10.7. The molecule has 4 nitrogen and oxygen atoms in total. The molecule has 0 spiro atoms. The molecule has 1 saturated heterocycles. The molecule has 0 radical (unpaired) electrons. The van der Waals surface area contributed by atoms with Crippen LogP contribution in [0.3, 0.4) is 0 Å². The maximum Gasteiger partial charge on any atom is 0.320 e. The molecule has 3 heterocycles. The van der Waals surface area contributed by atoms with Crippen molar-refractivity contribution in [3.63, 3.8) is 0 Å². The van der Waals surface area contributed by atoms with Gasteiger partial charge in [-0.3, -0.25) is 14.7 Å². The number of carbonyl (C=O) groups is 1. The van der Waals surface area contributed by atoms with Crippen LogP contribution >= 0.6 is 11.3 Å². The lowest BCUT2D eigenvalue weighted by Gasteiger charge is -2.30. The molecule has 0 amide bonds. The average Bonchev–Trinajstić information content (AvgIpc) is 3.18. The van der Waals surface area contributed by atoms with Crippen molar-refractivity contribution in [2.75, 3.05) is 6.54 Å². The number of likely N-dealkylation sites (tertiary alicyclic amines) is 1. The van der Waals surface area contributed by atoms with Gasteiger partial charge >= 0.3 is 5.97 Å². The van der Waals surface area contributed by atoms with Gasteiger partial charge in [-0.25, -0.2) is 0 Å². The minimum atomic E-state index is -0.731. The molecule has 116 valence electrons. The summed E-state index contributed by atoms with van der Waals surface area (Å²) in [5.74, 6) is -0.731. The second-order valence-corrected chi connectivity index (χ2v) is 6.75. The Balaban J connectivity index is 2.01. The van der Waals surface area contributed by atoms with Crippen LogP contribution in [0.5, 0.6) is 0 Å². The molecule has 1 aliphatic rings. The zero-order valence-electron chi connectivity index (χ0n) is 12.6. The van der Waals surface area contributed by atoms with Crippen LogP contribution < -0.4 is 0 Å². The highest BCUT2D eigenvalue weighted by Crippen LogP contribution is 2.37. The summed E-state index contributed by atoms with van der Waals surface area (Å²) < 4.78 is 0. The number of pyridine rings is 1. The first-order valence-corrected chi connectivity index (χ1v) is 8.50. The second-order valence-electron chi connectivity index (χ2n) is 5.55. The SMILES string of the molecule is CCc1ccc(C(c2ccccn2)N2CCCC2C(=O)O)s1. The topological polar surface area (TPSA) is 53.4 Å². The molecule has 0 saturated carbocycles. The van der Waals surface area contributed by atoms with Crippen molar-refractivity contribution in [3.05, 3.63) is 52.0 Å². The number of thiophene rings is 1. The number of hydrogen-bond acceptors (Lipinski definition) is 4. The molecule has 0 bridgehead atoms. The highest BCUT2D eigenvalue weighted by Gasteiger charge is 2.37. The molecule has 22 heavy (non-hydrogen) atoms. The lowest BCUT2D eigenvalue weighted by Crippen LogP contribution is -2.39. The van der Waals surface area contributed by atoms with Crippen LogP contribution in [0.15, 0.2) is 36.5 Å². The molecular formula is C17H20N2O2S. The molecule has 0 aliphatic carbocycles. The van der Waals surface area contributed by atoms with E-state index in [0.717, 1.165) is 25.1 Å². The fourth-order valence-corrected chi connectivity index (χ4v) is 4.20. The van der Waals surface area contributed by atoms with Gasteiger partial charge in [0.05, 0.1) is 11.7 Å². The number of hydrogen-bond donors (Lipinski definition) is 1. The Kier molecular flexibility index (Phi) is 4.55. The van der Waals surface area contributed by atoms with E-state index in [1.165, 1.54) is 9.75 Å². The Morgan fingerprint density at radius 2 is 2.32 bits per heavy atom. The van der Waals surface area contributed by atoms with Gasteiger partial charge < -0.3 is 5.11 Å². The van der Waals surface area contributed by atoms with Gasteiger partial charge in [0, 0.05) is 22.5 Å². The Hall–Kier alpha value is -1.72. The molecule has 5 heteroatoms. The molecule has 1 fully saturated rings. The average molecular weight is 316 g/mol. The van der Waals surface area contributed by atoms with Crippen LogP contribution in [0, 0.1) is 0 Å². The third-order valence-corrected chi connectivity index (χ3v) is 5.46. The van der Waals surface area contributed by atoms with E-state index in [4.69, 9.17) is 0 Å². The van der Waals surface area contributed by atoms with Gasteiger partial charge in [0.1, 0.15) is 6.04 Å². The second kappa shape index (κ2) is 6.58. The number of carboxylic acid groups (broad SMARTS) is 1. The van der Waals surface area contributed by atoms with Crippen LogP contribution in [0.1, 0.15) is 41.3 Å². The number of rotatable bonds is 5. The summed E-state index contributed by atoms with van der Waals surface area (Å²) in [6, 6.07) is 9.64. The Morgan fingerprint density at radius 1 is 1.45 bits per heavy atom. The first-order valence-electron chi connectivity index (χ1n) is 7.68. The van der Waals surface area contributed by atoms with Gasteiger partial charge in [0.25, 0.3) is 0 Å². The minimum absolute atomic E-state index is 0.0601. The monoisotopic (exact) mass is 316 g/mol. The summed E-state index contributed by atoms with van der Waals surface area (Å²) in [5.41, 5.74) is 0.931. The molecule has 1 N–H and O–H groups in total. The standard InChI is InChI=1S/C17H20N2O2S/c1-2-12-8-9-15(22-12)16(13-6-3-4-10-18-13)19-11-5-7-14(19)17(20)21/h3-4,6,8-10,14,16H,2,5,7,11H2,1H3,(H,20,21). The van der Waals surface area contributed by atoms with E-state index in [0.29, 0.717) is 6.42 Å². The van der Waals surface area contributed by atoms with E-state index >= 15 is 0 Å². The third-order valence-electron chi connectivity index (χ3n) is 4.18. The van der Waals surface area contributed by atoms with Crippen LogP contribution in [-0.2, 0) is 11.2 Å². The number of carboxylic acids is 1. The predicted molar refractivity (Wildman–Crippen MR) is 87.1 cm³/mol. The van der Waals surface area contributed by atoms with Gasteiger partial charge in [-0.05, 0) is 43.5 Å². The summed E-state index contributed by atoms with van der Waals surface area (Å²) in [7, 11) is 0. The largest absolute Gasteiger partial charge is 0.480 e. The summed E-state index contributed by atoms with van der Waals surface area (Å²) >= 11 is 1.76. The van der Waals surface area contributed by atoms with E-state index in [1.54, 1.807) is 17.5 Å². The summed E-state index contributed by atoms with van der Waals surface area (Å²) in [6.45, 7) is 2.94. The molecule has 0 aromatic carbocycles. The van der Waals surface area contributed by atoms with E-state index in [2.05, 4.69) is 28.9 Å². The van der Waals surface area contributed by atoms with Crippen molar-refractivity contribution < 1.29 is 9.90 Å². The Bertz CT molecular complexity index is 641. The number of aryl methyl sites for hydroxylation is 1. The zero-order chi connectivity index (χ0) is 15.5. The molecule has 2 aromatic rings. The quantitative estimate of drug-likeness (QED) is 0.919. The lowest BCUT2D eigenvalue weighted by atomic mass is 10.1. The van der Waals surface area contributed by atoms with Crippen molar-refractivity contribution in [1.82, 2.24) is 9.88 Å². The molecule has 2 aromatic heterocycles. The first kappa shape index (κ1) is 15.2. The number of aliphatic carboxylic acids is 1. The third kappa shape index (κ3) is 2.91. The fourth-order valence-electron chi connectivity index (χ4n) is 3.11. The fraction of sp³-hybridized carbons (Fsp3) is 0.412. The number of aromatic nitrogens is 1. The lowest BCUT2D eigenvalue weighted by molar-refractivity contribution is -0.142. The molecule has 3 rings (SSSR count). The van der Waals surface area contributed by atoms with Crippen molar-refractivity contribution >= 4 is 17.3 Å². The van der Waals surface area contributed by atoms with Crippen LogP contribution in [0.4, 0.5) is 0 Å². The van der Waals surface area contributed by atoms with Crippen molar-refractivity contribution in [2.24, 2.45) is 0 Å². The molecular weight excluding hydrogens is 296 g/mol. The maximum atomic E-state index is 11.6. The highest BCUT2D eigenvalue weighted by molar-refractivity contribution is 7.12. The van der Waals surface area contributed by atoms with Gasteiger partial charge in [0.2, 0.25) is 0 Å². The van der Waals surface area contributed by atoms with E-state index in [1.807, 2.05) is 18.2 Å². The maximum absolute atomic E-state index is 11.6. The van der Waals surface area contributed by atoms with Crippen LogP contribution in [-0.4, -0.2) is 33.5 Å². The van der Waals surface area contributed by atoms with E-state index in [-0.39, 0.29) is 6.04 Å². The number of nitrogens with zero attached hydrogens (tertiary/aromatic N) is 2. The van der Waals surface area contributed by atoms with Crippen LogP contribution in [0.25, 0.3) is 0 Å².